The Morgan fingerprint density at radius 2 is 2.29 bits per heavy atom. The van der Waals surface area contributed by atoms with Crippen LogP contribution in [0, 0.1) is 0 Å². The van der Waals surface area contributed by atoms with Gasteiger partial charge < -0.3 is 15.1 Å². The fourth-order valence-electron chi connectivity index (χ4n) is 1.49. The molecule has 1 saturated heterocycles. The molecule has 2 amide bonds. The van der Waals surface area contributed by atoms with Crippen molar-refractivity contribution >= 4 is 6.03 Å². The van der Waals surface area contributed by atoms with E-state index >= 15 is 0 Å². The molecule has 0 radical (unpaired) electrons. The lowest BCUT2D eigenvalue weighted by Crippen LogP contribution is -2.33. The zero-order valence-corrected chi connectivity index (χ0v) is 9.42. The van der Waals surface area contributed by atoms with Gasteiger partial charge in [-0.2, -0.15) is 0 Å². The quantitative estimate of drug-likeness (QED) is 0.709. The molecule has 82 valence electrons. The molecule has 1 heterocycles. The van der Waals surface area contributed by atoms with E-state index in [2.05, 4.69) is 31.1 Å². The maximum Gasteiger partial charge on any atom is 0.317 e. The average Bonchev–Trinajstić information content (AvgIpc) is 2.51. The first-order valence-electron chi connectivity index (χ1n) is 5.34. The molecule has 1 rings (SSSR count). The Kier molecular flexibility index (Phi) is 4.20. The molecule has 1 aliphatic rings. The first-order valence-corrected chi connectivity index (χ1v) is 5.34. The van der Waals surface area contributed by atoms with Crippen LogP contribution >= 0.6 is 0 Å². The van der Waals surface area contributed by atoms with Crippen molar-refractivity contribution in [2.24, 2.45) is 0 Å². The van der Waals surface area contributed by atoms with Crippen molar-refractivity contribution in [1.82, 2.24) is 15.1 Å². The van der Waals surface area contributed by atoms with Gasteiger partial charge in [0.1, 0.15) is 0 Å². The van der Waals surface area contributed by atoms with Crippen LogP contribution in [0.25, 0.3) is 0 Å². The molecule has 0 atom stereocenters. The first kappa shape index (κ1) is 11.3. The maximum absolute atomic E-state index is 11.2. The number of hydrogen-bond donors (Lipinski definition) is 1. The normalized spacial score (nSPS) is 16.9. The Balaban J connectivity index is 2.12. The summed E-state index contributed by atoms with van der Waals surface area (Å²) in [6.07, 6.45) is 1.06. The zero-order valence-electron chi connectivity index (χ0n) is 9.42. The van der Waals surface area contributed by atoms with Gasteiger partial charge in [0, 0.05) is 25.7 Å². The molecule has 0 unspecified atom stereocenters. The molecule has 0 aromatic rings. The Morgan fingerprint density at radius 3 is 2.79 bits per heavy atom. The van der Waals surface area contributed by atoms with E-state index in [1.165, 1.54) is 0 Å². The molecule has 0 saturated carbocycles. The Bertz CT molecular complexity index is 194. The number of amides is 2. The number of hydrogen-bond acceptors (Lipinski definition) is 2. The number of carbonyl (C=O) groups excluding carboxylic acids is 1. The lowest BCUT2D eigenvalue weighted by Gasteiger charge is -2.22. The van der Waals surface area contributed by atoms with Crippen LogP contribution in [0.3, 0.4) is 0 Å². The number of urea groups is 1. The predicted molar refractivity (Wildman–Crippen MR) is 57.4 cm³/mol. The molecule has 0 spiro atoms. The van der Waals surface area contributed by atoms with E-state index in [0.29, 0.717) is 6.04 Å². The second-order valence-electron chi connectivity index (χ2n) is 4.15. The lowest BCUT2D eigenvalue weighted by atomic mass is 10.3. The number of nitrogens with zero attached hydrogens (tertiary/aromatic N) is 2. The van der Waals surface area contributed by atoms with E-state index < -0.39 is 0 Å². The number of rotatable bonds is 5. The van der Waals surface area contributed by atoms with Crippen LogP contribution in [0.2, 0.25) is 0 Å². The molecule has 1 fully saturated rings. The molecule has 0 aromatic carbocycles. The fraction of sp³-hybridized carbons (Fsp3) is 0.900. The van der Waals surface area contributed by atoms with Crippen molar-refractivity contribution in [1.29, 1.82) is 0 Å². The van der Waals surface area contributed by atoms with Gasteiger partial charge >= 0.3 is 6.03 Å². The summed E-state index contributed by atoms with van der Waals surface area (Å²) in [6.45, 7) is 7.97. The standard InChI is InChI=1S/C10H21N3O/c1-9(2)12(3)6-4-7-13-8-5-11-10(13)14/h9H,4-8H2,1-3H3,(H,11,14). The Hall–Kier alpha value is -0.770. The van der Waals surface area contributed by atoms with Crippen molar-refractivity contribution in [3.8, 4) is 0 Å². The number of nitrogens with one attached hydrogen (secondary N) is 1. The van der Waals surface area contributed by atoms with E-state index in [0.717, 1.165) is 32.6 Å². The fourth-order valence-corrected chi connectivity index (χ4v) is 1.49. The van der Waals surface area contributed by atoms with Gasteiger partial charge in [-0.25, -0.2) is 4.79 Å². The molecular weight excluding hydrogens is 178 g/mol. The highest BCUT2D eigenvalue weighted by Crippen LogP contribution is 2.00. The summed E-state index contributed by atoms with van der Waals surface area (Å²) in [5, 5.41) is 2.80. The van der Waals surface area contributed by atoms with E-state index in [-0.39, 0.29) is 6.03 Å². The second-order valence-corrected chi connectivity index (χ2v) is 4.15. The number of carbonyl (C=O) groups is 1. The van der Waals surface area contributed by atoms with Gasteiger partial charge in [-0.3, -0.25) is 0 Å². The highest BCUT2D eigenvalue weighted by atomic mass is 16.2. The van der Waals surface area contributed by atoms with E-state index in [9.17, 15) is 4.79 Å². The largest absolute Gasteiger partial charge is 0.336 e. The molecular formula is C10H21N3O. The molecule has 14 heavy (non-hydrogen) atoms. The highest BCUT2D eigenvalue weighted by Gasteiger charge is 2.18. The minimum Gasteiger partial charge on any atom is -0.336 e. The first-order chi connectivity index (χ1) is 6.61. The van der Waals surface area contributed by atoms with Gasteiger partial charge in [0.2, 0.25) is 0 Å². The maximum atomic E-state index is 11.2. The molecule has 0 aromatic heterocycles. The van der Waals surface area contributed by atoms with Gasteiger partial charge in [0.05, 0.1) is 0 Å². The third-order valence-electron chi connectivity index (χ3n) is 2.77. The van der Waals surface area contributed by atoms with Crippen molar-refractivity contribution < 1.29 is 4.79 Å². The van der Waals surface area contributed by atoms with Crippen LogP contribution in [-0.4, -0.2) is 55.1 Å². The molecule has 1 N–H and O–H groups in total. The van der Waals surface area contributed by atoms with E-state index in [1.54, 1.807) is 0 Å². The van der Waals surface area contributed by atoms with Crippen molar-refractivity contribution in [3.05, 3.63) is 0 Å². The Morgan fingerprint density at radius 1 is 1.57 bits per heavy atom. The van der Waals surface area contributed by atoms with Crippen LogP contribution in [-0.2, 0) is 0 Å². The van der Waals surface area contributed by atoms with E-state index in [1.807, 2.05) is 4.90 Å². The molecule has 4 heteroatoms. The van der Waals surface area contributed by atoms with Gasteiger partial charge in [-0.05, 0) is 33.9 Å². The second kappa shape index (κ2) is 5.20. The molecule has 4 nitrogen and oxygen atoms in total. The van der Waals surface area contributed by atoms with Crippen molar-refractivity contribution in [3.63, 3.8) is 0 Å². The monoisotopic (exact) mass is 199 g/mol. The smallest absolute Gasteiger partial charge is 0.317 e. The molecule has 0 aliphatic carbocycles. The zero-order chi connectivity index (χ0) is 10.6. The van der Waals surface area contributed by atoms with Crippen LogP contribution in [0.1, 0.15) is 20.3 Å². The topological polar surface area (TPSA) is 35.6 Å². The minimum atomic E-state index is 0.0946. The van der Waals surface area contributed by atoms with Crippen LogP contribution < -0.4 is 5.32 Å². The minimum absolute atomic E-state index is 0.0946. The SMILES string of the molecule is CC(C)N(C)CCCN1CCNC1=O. The summed E-state index contributed by atoms with van der Waals surface area (Å²) in [7, 11) is 2.12. The highest BCUT2D eigenvalue weighted by molar-refractivity contribution is 5.76. The van der Waals surface area contributed by atoms with Crippen molar-refractivity contribution in [2.45, 2.75) is 26.3 Å². The van der Waals surface area contributed by atoms with Gasteiger partial charge in [0.15, 0.2) is 0 Å². The third kappa shape index (κ3) is 3.18. The average molecular weight is 199 g/mol. The van der Waals surface area contributed by atoms with Crippen LogP contribution in [0.15, 0.2) is 0 Å². The molecule has 1 aliphatic heterocycles. The van der Waals surface area contributed by atoms with Crippen LogP contribution in [0.4, 0.5) is 4.79 Å². The lowest BCUT2D eigenvalue weighted by molar-refractivity contribution is 0.210. The Labute approximate surface area is 86.2 Å². The summed E-state index contributed by atoms with van der Waals surface area (Å²) < 4.78 is 0. The summed E-state index contributed by atoms with van der Waals surface area (Å²) in [6, 6.07) is 0.680. The molecule has 0 bridgehead atoms. The van der Waals surface area contributed by atoms with Gasteiger partial charge in [-0.1, -0.05) is 0 Å². The third-order valence-corrected chi connectivity index (χ3v) is 2.77. The van der Waals surface area contributed by atoms with Gasteiger partial charge in [-0.15, -0.1) is 0 Å². The predicted octanol–water partition coefficient (Wildman–Crippen LogP) is 0.742. The summed E-state index contributed by atoms with van der Waals surface area (Å²) >= 11 is 0. The summed E-state index contributed by atoms with van der Waals surface area (Å²) in [4.78, 5) is 15.4. The van der Waals surface area contributed by atoms with Crippen LogP contribution in [0.5, 0.6) is 0 Å². The van der Waals surface area contributed by atoms with Crippen molar-refractivity contribution in [2.75, 3.05) is 33.2 Å². The summed E-state index contributed by atoms with van der Waals surface area (Å²) in [5.74, 6) is 0. The van der Waals surface area contributed by atoms with E-state index in [4.69, 9.17) is 0 Å². The summed E-state index contributed by atoms with van der Waals surface area (Å²) in [5.41, 5.74) is 0. The van der Waals surface area contributed by atoms with Gasteiger partial charge in [0.25, 0.3) is 0 Å².